The lowest BCUT2D eigenvalue weighted by Crippen LogP contribution is -2.33. The highest BCUT2D eigenvalue weighted by molar-refractivity contribution is 14.1. The molecule has 1 aromatic carbocycles. The SMILES string of the molecule is NC(CSCCNC(=O)CCCc1ccc(I)cc1)C(=O)O. The van der Waals surface area contributed by atoms with Crippen molar-refractivity contribution < 1.29 is 14.7 Å². The molecule has 1 rings (SSSR count). The predicted octanol–water partition coefficient (Wildman–Crippen LogP) is 1.88. The highest BCUT2D eigenvalue weighted by atomic mass is 127. The van der Waals surface area contributed by atoms with Crippen molar-refractivity contribution in [2.24, 2.45) is 5.73 Å². The molecule has 0 spiro atoms. The molecule has 0 bridgehead atoms. The summed E-state index contributed by atoms with van der Waals surface area (Å²) in [5.74, 6) is 0.0720. The average Bonchev–Trinajstić information content (AvgIpc) is 2.48. The Morgan fingerprint density at radius 3 is 2.64 bits per heavy atom. The van der Waals surface area contributed by atoms with E-state index in [-0.39, 0.29) is 5.91 Å². The molecule has 1 amide bonds. The van der Waals surface area contributed by atoms with E-state index in [1.165, 1.54) is 20.9 Å². The van der Waals surface area contributed by atoms with E-state index in [9.17, 15) is 9.59 Å². The van der Waals surface area contributed by atoms with E-state index >= 15 is 0 Å². The number of nitrogens with one attached hydrogen (secondary N) is 1. The lowest BCUT2D eigenvalue weighted by molar-refractivity contribution is -0.137. The maximum atomic E-state index is 11.7. The number of nitrogens with two attached hydrogens (primary N) is 1. The lowest BCUT2D eigenvalue weighted by Gasteiger charge is -2.07. The molecule has 0 aromatic heterocycles. The Hall–Kier alpha value is -0.800. The number of rotatable bonds is 10. The van der Waals surface area contributed by atoms with Crippen molar-refractivity contribution in [3.05, 3.63) is 33.4 Å². The molecule has 0 aliphatic heterocycles. The molecule has 1 unspecified atom stereocenters. The molecule has 1 atom stereocenters. The number of carboxylic acids is 1. The maximum Gasteiger partial charge on any atom is 0.321 e. The number of aryl methyl sites for hydroxylation is 1. The van der Waals surface area contributed by atoms with Crippen LogP contribution >= 0.6 is 34.4 Å². The van der Waals surface area contributed by atoms with E-state index in [0.717, 1.165) is 12.8 Å². The fourth-order valence-electron chi connectivity index (χ4n) is 1.74. The zero-order valence-electron chi connectivity index (χ0n) is 12.3. The molecule has 0 radical (unpaired) electrons. The quantitative estimate of drug-likeness (QED) is 0.385. The molecule has 7 heteroatoms. The number of carbonyl (C=O) groups excluding carboxylic acids is 1. The largest absolute Gasteiger partial charge is 0.480 e. The van der Waals surface area contributed by atoms with Gasteiger partial charge in [0.25, 0.3) is 0 Å². The summed E-state index contributed by atoms with van der Waals surface area (Å²) < 4.78 is 1.21. The first-order valence-electron chi connectivity index (χ1n) is 7.06. The van der Waals surface area contributed by atoms with Crippen LogP contribution in [-0.2, 0) is 16.0 Å². The maximum absolute atomic E-state index is 11.7. The van der Waals surface area contributed by atoms with Gasteiger partial charge in [0, 0.05) is 28.0 Å². The number of hydrogen-bond acceptors (Lipinski definition) is 4. The molecule has 5 nitrogen and oxygen atoms in total. The van der Waals surface area contributed by atoms with Crippen LogP contribution in [0.3, 0.4) is 0 Å². The number of amides is 1. The minimum atomic E-state index is -0.993. The van der Waals surface area contributed by atoms with Gasteiger partial charge in [0.2, 0.25) is 5.91 Å². The van der Waals surface area contributed by atoms with Crippen molar-refractivity contribution in [3.8, 4) is 0 Å². The number of halogens is 1. The zero-order chi connectivity index (χ0) is 16.4. The Labute approximate surface area is 148 Å². The molecule has 0 saturated heterocycles. The number of hydrogen-bond donors (Lipinski definition) is 3. The summed E-state index contributed by atoms with van der Waals surface area (Å²) in [5, 5.41) is 11.5. The normalized spacial score (nSPS) is 11.9. The Morgan fingerprint density at radius 2 is 2.00 bits per heavy atom. The highest BCUT2D eigenvalue weighted by Crippen LogP contribution is 2.09. The van der Waals surface area contributed by atoms with Crippen LogP contribution in [0.1, 0.15) is 18.4 Å². The van der Waals surface area contributed by atoms with Gasteiger partial charge < -0.3 is 16.2 Å². The minimum Gasteiger partial charge on any atom is -0.480 e. The molecule has 0 aliphatic rings. The highest BCUT2D eigenvalue weighted by Gasteiger charge is 2.10. The number of aliphatic carboxylic acids is 1. The first-order chi connectivity index (χ1) is 10.5. The molecule has 0 fully saturated rings. The van der Waals surface area contributed by atoms with E-state index in [4.69, 9.17) is 10.8 Å². The first-order valence-corrected chi connectivity index (χ1v) is 9.29. The third-order valence-electron chi connectivity index (χ3n) is 2.97. The summed E-state index contributed by atoms with van der Waals surface area (Å²) in [7, 11) is 0. The van der Waals surface area contributed by atoms with Crippen LogP contribution in [0.25, 0.3) is 0 Å². The van der Waals surface area contributed by atoms with Crippen LogP contribution in [0.5, 0.6) is 0 Å². The summed E-state index contributed by atoms with van der Waals surface area (Å²) in [4.78, 5) is 22.2. The Bertz CT molecular complexity index is 482. The van der Waals surface area contributed by atoms with Crippen LogP contribution in [0.4, 0.5) is 0 Å². The Kier molecular flexibility index (Phi) is 9.49. The van der Waals surface area contributed by atoms with E-state index in [2.05, 4.69) is 52.2 Å². The summed E-state index contributed by atoms with van der Waals surface area (Å²) in [5.41, 5.74) is 6.62. The fraction of sp³-hybridized carbons (Fsp3) is 0.467. The zero-order valence-corrected chi connectivity index (χ0v) is 15.2. The molecule has 0 saturated carbocycles. The number of benzene rings is 1. The van der Waals surface area contributed by atoms with Gasteiger partial charge in [-0.15, -0.1) is 0 Å². The fourth-order valence-corrected chi connectivity index (χ4v) is 2.91. The van der Waals surface area contributed by atoms with Gasteiger partial charge in [-0.1, -0.05) is 12.1 Å². The average molecular weight is 436 g/mol. The Balaban J connectivity index is 2.04. The second-order valence-corrected chi connectivity index (χ2v) is 7.25. The number of thioether (sulfide) groups is 1. The topological polar surface area (TPSA) is 92.4 Å². The van der Waals surface area contributed by atoms with Crippen molar-refractivity contribution in [3.63, 3.8) is 0 Å². The molecule has 122 valence electrons. The smallest absolute Gasteiger partial charge is 0.321 e. The molecule has 1 aromatic rings. The number of carbonyl (C=O) groups is 2. The molecule has 4 N–H and O–H groups in total. The van der Waals surface area contributed by atoms with Crippen molar-refractivity contribution in [1.29, 1.82) is 0 Å². The summed E-state index contributed by atoms with van der Waals surface area (Å²) >= 11 is 3.70. The standard InChI is InChI=1S/C15H21IN2O3S/c16-12-6-4-11(5-7-12)2-1-3-14(19)18-8-9-22-10-13(17)15(20)21/h4-7,13H,1-3,8-10,17H2,(H,18,19)(H,20,21). The molecule has 0 heterocycles. The second kappa shape index (κ2) is 10.8. The summed E-state index contributed by atoms with van der Waals surface area (Å²) in [6.07, 6.45) is 2.22. The Morgan fingerprint density at radius 1 is 1.32 bits per heavy atom. The van der Waals surface area contributed by atoms with E-state index < -0.39 is 12.0 Å². The van der Waals surface area contributed by atoms with Gasteiger partial charge in [0.05, 0.1) is 0 Å². The summed E-state index contributed by atoms with van der Waals surface area (Å²) in [6.45, 7) is 0.541. The lowest BCUT2D eigenvalue weighted by atomic mass is 10.1. The molecular formula is C15H21IN2O3S. The first kappa shape index (κ1) is 19.2. The van der Waals surface area contributed by atoms with Crippen molar-refractivity contribution >= 4 is 46.2 Å². The number of carboxylic acid groups (broad SMARTS) is 1. The molecule has 22 heavy (non-hydrogen) atoms. The van der Waals surface area contributed by atoms with Gasteiger partial charge in [-0.25, -0.2) is 0 Å². The van der Waals surface area contributed by atoms with Crippen LogP contribution in [0, 0.1) is 3.57 Å². The van der Waals surface area contributed by atoms with E-state index in [1.807, 2.05) is 0 Å². The van der Waals surface area contributed by atoms with Crippen LogP contribution < -0.4 is 11.1 Å². The third kappa shape index (κ3) is 8.60. The molecule has 0 aliphatic carbocycles. The van der Waals surface area contributed by atoms with Gasteiger partial charge in [-0.05, 0) is 53.1 Å². The van der Waals surface area contributed by atoms with E-state index in [1.54, 1.807) is 0 Å². The van der Waals surface area contributed by atoms with Crippen LogP contribution in [0.15, 0.2) is 24.3 Å². The van der Waals surface area contributed by atoms with Gasteiger partial charge in [0.15, 0.2) is 0 Å². The van der Waals surface area contributed by atoms with Crippen LogP contribution in [0.2, 0.25) is 0 Å². The van der Waals surface area contributed by atoms with E-state index in [0.29, 0.717) is 24.5 Å². The van der Waals surface area contributed by atoms with Gasteiger partial charge in [-0.2, -0.15) is 11.8 Å². The van der Waals surface area contributed by atoms with Crippen molar-refractivity contribution in [2.45, 2.75) is 25.3 Å². The van der Waals surface area contributed by atoms with Gasteiger partial charge >= 0.3 is 5.97 Å². The second-order valence-electron chi connectivity index (χ2n) is 4.85. The van der Waals surface area contributed by atoms with Crippen molar-refractivity contribution in [2.75, 3.05) is 18.1 Å². The molecular weight excluding hydrogens is 415 g/mol. The third-order valence-corrected chi connectivity index (χ3v) is 4.77. The van der Waals surface area contributed by atoms with Gasteiger partial charge in [-0.3, -0.25) is 9.59 Å². The van der Waals surface area contributed by atoms with Crippen LogP contribution in [-0.4, -0.2) is 41.1 Å². The van der Waals surface area contributed by atoms with Crippen molar-refractivity contribution in [1.82, 2.24) is 5.32 Å². The monoisotopic (exact) mass is 436 g/mol. The van der Waals surface area contributed by atoms with Gasteiger partial charge in [0.1, 0.15) is 6.04 Å². The predicted molar refractivity (Wildman–Crippen MR) is 98.0 cm³/mol. The summed E-state index contributed by atoms with van der Waals surface area (Å²) in [6, 6.07) is 7.46. The minimum absolute atomic E-state index is 0.0358.